The monoisotopic (exact) mass is 459 g/mol. The summed E-state index contributed by atoms with van der Waals surface area (Å²) >= 11 is 1.19. The Kier molecular flexibility index (Phi) is 5.39. The molecule has 7 nitrogen and oxygen atoms in total. The van der Waals surface area contributed by atoms with Gasteiger partial charge in [-0.05, 0) is 48.9 Å². The highest BCUT2D eigenvalue weighted by Gasteiger charge is 2.19. The van der Waals surface area contributed by atoms with Gasteiger partial charge in [0.1, 0.15) is 5.82 Å². The molecular formula is C24H18FN5O2S. The van der Waals surface area contributed by atoms with Crippen LogP contribution in [-0.4, -0.2) is 30.8 Å². The summed E-state index contributed by atoms with van der Waals surface area (Å²) in [5.41, 5.74) is 2.47. The van der Waals surface area contributed by atoms with E-state index in [-0.39, 0.29) is 17.2 Å². The Morgan fingerprint density at radius 1 is 1.03 bits per heavy atom. The Labute approximate surface area is 191 Å². The lowest BCUT2D eigenvalue weighted by Crippen LogP contribution is -2.22. The molecule has 9 heteroatoms. The summed E-state index contributed by atoms with van der Waals surface area (Å²) in [5, 5.41) is 12.2. The van der Waals surface area contributed by atoms with Gasteiger partial charge < -0.3 is 5.32 Å². The number of amides is 1. The summed E-state index contributed by atoms with van der Waals surface area (Å²) in [6, 6.07) is 20.5. The smallest absolute Gasteiger partial charge is 0.267 e. The van der Waals surface area contributed by atoms with E-state index in [1.54, 1.807) is 27.2 Å². The number of hydrogen-bond acceptors (Lipinski definition) is 5. The van der Waals surface area contributed by atoms with Gasteiger partial charge in [0.05, 0.1) is 22.3 Å². The van der Waals surface area contributed by atoms with Crippen LogP contribution in [0.15, 0.2) is 82.7 Å². The highest BCUT2D eigenvalue weighted by molar-refractivity contribution is 7.99. The van der Waals surface area contributed by atoms with Crippen LogP contribution in [0.25, 0.3) is 22.4 Å². The first-order chi connectivity index (χ1) is 16.0. The lowest BCUT2D eigenvalue weighted by Gasteiger charge is -2.13. The number of carbonyl (C=O) groups excluding carboxylic acids is 1. The minimum atomic E-state index is -0.426. The minimum Gasteiger partial charge on any atom is -0.325 e. The van der Waals surface area contributed by atoms with E-state index in [2.05, 4.69) is 15.5 Å². The molecule has 0 unspecified atom stereocenters. The summed E-state index contributed by atoms with van der Waals surface area (Å²) in [5.74, 6) is -0.334. The van der Waals surface area contributed by atoms with Crippen molar-refractivity contribution in [3.8, 4) is 5.69 Å². The van der Waals surface area contributed by atoms with Gasteiger partial charge in [-0.15, -0.1) is 10.2 Å². The number of anilines is 1. The van der Waals surface area contributed by atoms with Gasteiger partial charge in [-0.25, -0.2) is 8.96 Å². The summed E-state index contributed by atoms with van der Waals surface area (Å²) < 4.78 is 16.7. The minimum absolute atomic E-state index is 0.0368. The van der Waals surface area contributed by atoms with Crippen LogP contribution in [0.4, 0.5) is 10.1 Å². The van der Waals surface area contributed by atoms with E-state index >= 15 is 0 Å². The molecular weight excluding hydrogens is 441 g/mol. The first kappa shape index (κ1) is 20.9. The van der Waals surface area contributed by atoms with Gasteiger partial charge in [0, 0.05) is 5.69 Å². The molecule has 5 aromatic rings. The maximum absolute atomic E-state index is 13.4. The number of hydrogen-bond donors (Lipinski definition) is 1. The standard InChI is InChI=1S/C24H18FN5O2S/c1-15-7-2-4-11-19(15)29-22(32)18-10-3-5-12-20(18)30-23(29)27-28-24(30)33-14-21(31)26-17-9-6-8-16(25)13-17/h2-13H,14H2,1H3,(H,26,31). The maximum atomic E-state index is 13.4. The Morgan fingerprint density at radius 3 is 2.64 bits per heavy atom. The average Bonchev–Trinajstić information content (AvgIpc) is 3.23. The molecule has 164 valence electrons. The zero-order valence-electron chi connectivity index (χ0n) is 17.5. The van der Waals surface area contributed by atoms with Crippen molar-refractivity contribution in [3.63, 3.8) is 0 Å². The van der Waals surface area contributed by atoms with E-state index in [1.165, 1.54) is 30.0 Å². The first-order valence-corrected chi connectivity index (χ1v) is 11.1. The van der Waals surface area contributed by atoms with Crippen molar-refractivity contribution in [1.29, 1.82) is 0 Å². The van der Waals surface area contributed by atoms with Crippen LogP contribution < -0.4 is 10.9 Å². The summed E-state index contributed by atoms with van der Waals surface area (Å²) in [4.78, 5) is 25.8. The van der Waals surface area contributed by atoms with Crippen molar-refractivity contribution in [1.82, 2.24) is 19.2 Å². The lowest BCUT2D eigenvalue weighted by molar-refractivity contribution is -0.113. The fourth-order valence-electron chi connectivity index (χ4n) is 3.70. The van der Waals surface area contributed by atoms with E-state index in [9.17, 15) is 14.0 Å². The number of nitrogens with zero attached hydrogens (tertiary/aromatic N) is 4. The Morgan fingerprint density at radius 2 is 1.82 bits per heavy atom. The first-order valence-electron chi connectivity index (χ1n) is 10.2. The second-order valence-corrected chi connectivity index (χ2v) is 8.35. The quantitative estimate of drug-likeness (QED) is 0.398. The molecule has 0 atom stereocenters. The fraction of sp³-hybridized carbons (Fsp3) is 0.0833. The Bertz CT molecular complexity index is 1580. The molecule has 0 spiro atoms. The molecule has 1 amide bonds. The number of carbonyl (C=O) groups is 1. The molecule has 33 heavy (non-hydrogen) atoms. The Hall–Kier alpha value is -3.98. The van der Waals surface area contributed by atoms with Crippen LogP contribution in [0.1, 0.15) is 5.56 Å². The van der Waals surface area contributed by atoms with Crippen molar-refractivity contribution >= 4 is 40.0 Å². The number of para-hydroxylation sites is 2. The molecule has 0 saturated carbocycles. The van der Waals surface area contributed by atoms with Crippen molar-refractivity contribution in [3.05, 3.63) is 94.5 Å². The number of thioether (sulfide) groups is 1. The van der Waals surface area contributed by atoms with E-state index in [0.717, 1.165) is 5.56 Å². The predicted octanol–water partition coefficient (Wildman–Crippen LogP) is 4.21. The van der Waals surface area contributed by atoms with Gasteiger partial charge >= 0.3 is 0 Å². The molecule has 0 radical (unpaired) electrons. The summed E-state index contributed by atoms with van der Waals surface area (Å²) in [6.07, 6.45) is 0. The van der Waals surface area contributed by atoms with Crippen molar-refractivity contribution in [2.75, 3.05) is 11.1 Å². The number of rotatable bonds is 5. The van der Waals surface area contributed by atoms with Crippen LogP contribution in [0.3, 0.4) is 0 Å². The largest absolute Gasteiger partial charge is 0.325 e. The van der Waals surface area contributed by atoms with Crippen molar-refractivity contribution < 1.29 is 9.18 Å². The van der Waals surface area contributed by atoms with E-state index in [1.807, 2.05) is 43.3 Å². The number of nitrogens with one attached hydrogen (secondary N) is 1. The summed E-state index contributed by atoms with van der Waals surface area (Å²) in [7, 11) is 0. The molecule has 0 aliphatic carbocycles. The van der Waals surface area contributed by atoms with Crippen LogP contribution >= 0.6 is 11.8 Å². The third kappa shape index (κ3) is 3.87. The number of aromatic nitrogens is 4. The average molecular weight is 460 g/mol. The van der Waals surface area contributed by atoms with E-state index in [0.29, 0.717) is 33.2 Å². The highest BCUT2D eigenvalue weighted by Crippen LogP contribution is 2.24. The van der Waals surface area contributed by atoms with Crippen molar-refractivity contribution in [2.24, 2.45) is 0 Å². The topological polar surface area (TPSA) is 81.3 Å². The molecule has 0 bridgehead atoms. The highest BCUT2D eigenvalue weighted by atomic mass is 32.2. The van der Waals surface area contributed by atoms with Gasteiger partial charge in [-0.3, -0.25) is 14.0 Å². The molecule has 2 aromatic heterocycles. The molecule has 0 aliphatic rings. The van der Waals surface area contributed by atoms with Crippen LogP contribution in [0.2, 0.25) is 0 Å². The van der Waals surface area contributed by atoms with Gasteiger partial charge in [0.25, 0.3) is 5.56 Å². The fourth-order valence-corrected chi connectivity index (χ4v) is 4.44. The Balaban J connectivity index is 1.57. The zero-order chi connectivity index (χ0) is 22.9. The van der Waals surface area contributed by atoms with Gasteiger partial charge in [0.15, 0.2) is 5.16 Å². The normalized spacial score (nSPS) is 11.2. The molecule has 5 rings (SSSR count). The number of fused-ring (bicyclic) bond motifs is 3. The van der Waals surface area contributed by atoms with E-state index < -0.39 is 5.82 Å². The molecule has 0 fully saturated rings. The lowest BCUT2D eigenvalue weighted by atomic mass is 10.2. The van der Waals surface area contributed by atoms with Crippen LogP contribution in [0.5, 0.6) is 0 Å². The maximum Gasteiger partial charge on any atom is 0.267 e. The SMILES string of the molecule is Cc1ccccc1-n1c(=O)c2ccccc2n2c(SCC(=O)Nc3cccc(F)c3)nnc12. The number of halogens is 1. The van der Waals surface area contributed by atoms with Crippen molar-refractivity contribution in [2.45, 2.75) is 12.1 Å². The van der Waals surface area contributed by atoms with Gasteiger partial charge in [-0.2, -0.15) is 0 Å². The van der Waals surface area contributed by atoms with Crippen LogP contribution in [0, 0.1) is 12.7 Å². The van der Waals surface area contributed by atoms with Gasteiger partial charge in [-0.1, -0.05) is 48.2 Å². The third-order valence-electron chi connectivity index (χ3n) is 5.19. The summed E-state index contributed by atoms with van der Waals surface area (Å²) in [6.45, 7) is 1.93. The van der Waals surface area contributed by atoms with E-state index in [4.69, 9.17) is 0 Å². The third-order valence-corrected chi connectivity index (χ3v) is 6.12. The van der Waals surface area contributed by atoms with Crippen LogP contribution in [-0.2, 0) is 4.79 Å². The molecule has 3 aromatic carbocycles. The molecule has 0 saturated heterocycles. The number of benzene rings is 3. The molecule has 2 heterocycles. The molecule has 1 N–H and O–H groups in total. The zero-order valence-corrected chi connectivity index (χ0v) is 18.3. The van der Waals surface area contributed by atoms with Gasteiger partial charge in [0.2, 0.25) is 11.7 Å². The second kappa shape index (κ2) is 8.51. The predicted molar refractivity (Wildman–Crippen MR) is 127 cm³/mol. The second-order valence-electron chi connectivity index (χ2n) is 7.41. The number of aryl methyl sites for hydroxylation is 1. The molecule has 0 aliphatic heterocycles.